The number of hydrogen-bond donors (Lipinski definition) is 3. The highest BCUT2D eigenvalue weighted by molar-refractivity contribution is 6.13. The first-order valence-corrected chi connectivity index (χ1v) is 9.17. The van der Waals surface area contributed by atoms with Crippen molar-refractivity contribution in [2.24, 2.45) is 0 Å². The van der Waals surface area contributed by atoms with Crippen LogP contribution in [0.4, 0.5) is 5.69 Å². The summed E-state index contributed by atoms with van der Waals surface area (Å²) in [7, 11) is 0. The van der Waals surface area contributed by atoms with E-state index in [4.69, 9.17) is 4.74 Å². The highest BCUT2D eigenvalue weighted by atomic mass is 35.5. The number of nitrogens with one attached hydrogen (secondary N) is 3. The zero-order chi connectivity index (χ0) is 18.4. The molecule has 146 valence electrons. The van der Waals surface area contributed by atoms with E-state index in [1.54, 1.807) is 18.3 Å². The number of Topliss-reactive ketones (excluding diaryl/α,β-unsaturated/α-hetero) is 1. The molecule has 0 saturated heterocycles. The van der Waals surface area contributed by atoms with Crippen LogP contribution in [0.25, 0.3) is 0 Å². The van der Waals surface area contributed by atoms with Crippen molar-refractivity contribution in [2.45, 2.75) is 32.6 Å². The maximum absolute atomic E-state index is 12.6. The molecule has 27 heavy (non-hydrogen) atoms. The summed E-state index contributed by atoms with van der Waals surface area (Å²) >= 11 is 0. The lowest BCUT2D eigenvalue weighted by Gasteiger charge is -2.09. The molecular weight excluding hydrogens is 366 g/mol. The minimum absolute atomic E-state index is 0. The van der Waals surface area contributed by atoms with Crippen LogP contribution < -0.4 is 15.4 Å². The summed E-state index contributed by atoms with van der Waals surface area (Å²) in [4.78, 5) is 28.0. The van der Waals surface area contributed by atoms with Crippen molar-refractivity contribution < 1.29 is 14.3 Å². The Hall–Kier alpha value is -2.31. The van der Waals surface area contributed by atoms with E-state index in [0.717, 1.165) is 43.8 Å². The molecule has 2 aromatic rings. The van der Waals surface area contributed by atoms with Gasteiger partial charge in [0.2, 0.25) is 0 Å². The van der Waals surface area contributed by atoms with Crippen LogP contribution in [0.1, 0.15) is 52.6 Å². The normalized spacial score (nSPS) is 13.3. The number of aromatic nitrogens is 1. The number of anilines is 1. The van der Waals surface area contributed by atoms with E-state index >= 15 is 0 Å². The first-order chi connectivity index (χ1) is 12.7. The summed E-state index contributed by atoms with van der Waals surface area (Å²) in [5.74, 6) is 0.540. The number of aromatic amines is 1. The largest absolute Gasteiger partial charge is 0.492 e. The highest BCUT2D eigenvalue weighted by Gasteiger charge is 2.24. The number of hydrogen-bond acceptors (Lipinski definition) is 4. The number of rotatable bonds is 7. The summed E-state index contributed by atoms with van der Waals surface area (Å²) in [6.45, 7) is 4.35. The second-order valence-electron chi connectivity index (χ2n) is 6.37. The molecule has 0 spiro atoms. The number of ether oxygens (including phenoxy) is 1. The van der Waals surface area contributed by atoms with Gasteiger partial charge in [0.15, 0.2) is 5.78 Å². The van der Waals surface area contributed by atoms with E-state index in [-0.39, 0.29) is 24.1 Å². The predicted octanol–water partition coefficient (Wildman–Crippen LogP) is 3.59. The van der Waals surface area contributed by atoms with Crippen LogP contribution in [0.3, 0.4) is 0 Å². The number of likely N-dealkylation sites (N-methyl/N-ethyl adjacent to an activating group) is 1. The Labute approximate surface area is 165 Å². The van der Waals surface area contributed by atoms with Gasteiger partial charge in [-0.05, 0) is 50.1 Å². The molecule has 1 aromatic carbocycles. The summed E-state index contributed by atoms with van der Waals surface area (Å²) in [6, 6.07) is 7.25. The van der Waals surface area contributed by atoms with E-state index in [2.05, 4.69) is 22.5 Å². The summed E-state index contributed by atoms with van der Waals surface area (Å²) in [6.07, 6.45) is 4.80. The Morgan fingerprint density at radius 1 is 1.19 bits per heavy atom. The molecule has 6 nitrogen and oxygen atoms in total. The van der Waals surface area contributed by atoms with Crippen LogP contribution in [-0.4, -0.2) is 36.4 Å². The third kappa shape index (κ3) is 5.34. The fourth-order valence-corrected chi connectivity index (χ4v) is 3.12. The number of fused-ring (bicyclic) bond motifs is 1. The van der Waals surface area contributed by atoms with Crippen molar-refractivity contribution in [1.29, 1.82) is 0 Å². The van der Waals surface area contributed by atoms with Crippen LogP contribution in [0.15, 0.2) is 30.5 Å². The summed E-state index contributed by atoms with van der Waals surface area (Å²) < 4.78 is 5.62. The molecular formula is C20H26ClN3O3. The fourth-order valence-electron chi connectivity index (χ4n) is 3.12. The van der Waals surface area contributed by atoms with E-state index in [0.29, 0.717) is 29.8 Å². The van der Waals surface area contributed by atoms with Crippen molar-refractivity contribution in [3.63, 3.8) is 0 Å². The van der Waals surface area contributed by atoms with Crippen molar-refractivity contribution in [1.82, 2.24) is 10.3 Å². The zero-order valence-electron chi connectivity index (χ0n) is 15.5. The molecule has 7 heteroatoms. The molecule has 0 saturated carbocycles. The van der Waals surface area contributed by atoms with Crippen LogP contribution >= 0.6 is 12.4 Å². The molecule has 1 heterocycles. The standard InChI is InChI=1S/C20H25N3O3.ClH/c1-2-21-11-12-26-15-9-7-14(8-10-15)23-20(25)16-13-22-17-5-3-4-6-18(24)19(16)17;/h7-10,13,21-22H,2-6,11-12H2,1H3,(H,23,25);1H. The third-order valence-corrected chi connectivity index (χ3v) is 4.48. The Morgan fingerprint density at radius 2 is 1.93 bits per heavy atom. The molecule has 1 aliphatic rings. The topological polar surface area (TPSA) is 83.2 Å². The van der Waals surface area contributed by atoms with Crippen LogP contribution in [0, 0.1) is 0 Å². The predicted molar refractivity (Wildman–Crippen MR) is 108 cm³/mol. The molecule has 0 fully saturated rings. The number of carbonyl (C=O) groups excluding carboxylic acids is 2. The van der Waals surface area contributed by atoms with Gasteiger partial charge in [-0.2, -0.15) is 0 Å². The van der Waals surface area contributed by atoms with Gasteiger partial charge in [-0.15, -0.1) is 12.4 Å². The lowest BCUT2D eigenvalue weighted by Crippen LogP contribution is -2.20. The third-order valence-electron chi connectivity index (χ3n) is 4.48. The molecule has 0 unspecified atom stereocenters. The smallest absolute Gasteiger partial charge is 0.257 e. The minimum atomic E-state index is -0.265. The summed E-state index contributed by atoms with van der Waals surface area (Å²) in [5, 5.41) is 6.05. The number of amides is 1. The van der Waals surface area contributed by atoms with E-state index < -0.39 is 0 Å². The van der Waals surface area contributed by atoms with Gasteiger partial charge in [-0.1, -0.05) is 6.92 Å². The first kappa shape index (κ1) is 21.0. The molecule has 0 aliphatic heterocycles. The molecule has 0 radical (unpaired) electrons. The molecule has 3 N–H and O–H groups in total. The Kier molecular flexibility index (Phi) is 7.88. The number of aryl methyl sites for hydroxylation is 1. The number of H-pyrrole nitrogens is 1. The molecule has 1 aromatic heterocycles. The molecule has 1 aliphatic carbocycles. The number of ketones is 1. The van der Waals surface area contributed by atoms with Crippen LogP contribution in [0.2, 0.25) is 0 Å². The van der Waals surface area contributed by atoms with Gasteiger partial charge in [-0.25, -0.2) is 0 Å². The maximum atomic E-state index is 12.6. The average molecular weight is 392 g/mol. The zero-order valence-corrected chi connectivity index (χ0v) is 16.3. The van der Waals surface area contributed by atoms with Gasteiger partial charge in [0.05, 0.1) is 11.1 Å². The SMILES string of the molecule is CCNCCOc1ccc(NC(=O)c2c[nH]c3c2C(=O)CCCC3)cc1.Cl. The average Bonchev–Trinajstić information content (AvgIpc) is 2.99. The van der Waals surface area contributed by atoms with Gasteiger partial charge >= 0.3 is 0 Å². The fraction of sp³-hybridized carbons (Fsp3) is 0.400. The number of benzene rings is 1. The van der Waals surface area contributed by atoms with E-state index in [9.17, 15) is 9.59 Å². The van der Waals surface area contributed by atoms with Gasteiger partial charge < -0.3 is 20.4 Å². The van der Waals surface area contributed by atoms with E-state index in [1.807, 2.05) is 12.1 Å². The quantitative estimate of drug-likeness (QED) is 0.497. The lowest BCUT2D eigenvalue weighted by molar-refractivity contribution is 0.0965. The summed E-state index contributed by atoms with van der Waals surface area (Å²) in [5.41, 5.74) is 2.54. The lowest BCUT2D eigenvalue weighted by atomic mass is 10.0. The van der Waals surface area contributed by atoms with E-state index in [1.165, 1.54) is 0 Å². The first-order valence-electron chi connectivity index (χ1n) is 9.17. The Bertz CT molecular complexity index is 771. The second-order valence-corrected chi connectivity index (χ2v) is 6.37. The monoisotopic (exact) mass is 391 g/mol. The Balaban J connectivity index is 0.00000261. The van der Waals surface area contributed by atoms with Crippen molar-refractivity contribution in [2.75, 3.05) is 25.0 Å². The highest BCUT2D eigenvalue weighted by Crippen LogP contribution is 2.24. The van der Waals surface area contributed by atoms with Crippen LogP contribution in [-0.2, 0) is 6.42 Å². The minimum Gasteiger partial charge on any atom is -0.492 e. The second kappa shape index (κ2) is 10.1. The number of carbonyl (C=O) groups is 2. The van der Waals surface area contributed by atoms with Crippen molar-refractivity contribution >= 4 is 29.8 Å². The van der Waals surface area contributed by atoms with Crippen LogP contribution in [0.5, 0.6) is 5.75 Å². The molecule has 3 rings (SSSR count). The molecule has 0 atom stereocenters. The van der Waals surface area contributed by atoms with Gasteiger partial charge in [-0.3, -0.25) is 9.59 Å². The van der Waals surface area contributed by atoms with Crippen molar-refractivity contribution in [3.05, 3.63) is 47.3 Å². The Morgan fingerprint density at radius 3 is 2.67 bits per heavy atom. The molecule has 0 bridgehead atoms. The van der Waals surface area contributed by atoms with Gasteiger partial charge in [0.25, 0.3) is 5.91 Å². The van der Waals surface area contributed by atoms with Gasteiger partial charge in [0, 0.05) is 30.5 Å². The van der Waals surface area contributed by atoms with Gasteiger partial charge in [0.1, 0.15) is 12.4 Å². The molecule has 1 amide bonds. The van der Waals surface area contributed by atoms with Crippen molar-refractivity contribution in [3.8, 4) is 5.75 Å². The number of halogens is 1. The maximum Gasteiger partial charge on any atom is 0.257 e.